The molecular weight excluding hydrogens is 196 g/mol. The van der Waals surface area contributed by atoms with E-state index in [1.54, 1.807) is 18.6 Å². The summed E-state index contributed by atoms with van der Waals surface area (Å²) in [6, 6.07) is 0. The van der Waals surface area contributed by atoms with Gasteiger partial charge in [0.25, 0.3) is 0 Å². The number of rotatable bonds is 4. The zero-order chi connectivity index (χ0) is 10.6. The molecule has 0 amide bonds. The van der Waals surface area contributed by atoms with Gasteiger partial charge in [-0.05, 0) is 12.8 Å². The highest BCUT2D eigenvalue weighted by atomic mass is 32.2. The van der Waals surface area contributed by atoms with Crippen molar-refractivity contribution in [2.45, 2.75) is 31.4 Å². The molecule has 14 heavy (non-hydrogen) atoms. The monoisotopic (exact) mass is 212 g/mol. The molecule has 4 heteroatoms. The van der Waals surface area contributed by atoms with Crippen LogP contribution in [0.2, 0.25) is 0 Å². The van der Waals surface area contributed by atoms with Gasteiger partial charge >= 0.3 is 0 Å². The number of aromatic nitrogens is 2. The van der Waals surface area contributed by atoms with Crippen molar-refractivity contribution < 1.29 is 5.11 Å². The molecule has 0 saturated heterocycles. The minimum atomic E-state index is -0.651. The summed E-state index contributed by atoms with van der Waals surface area (Å²) in [6.45, 7) is 5.87. The Balaban J connectivity index is 2.49. The third kappa shape index (κ3) is 3.27. The van der Waals surface area contributed by atoms with Crippen molar-refractivity contribution in [2.75, 3.05) is 5.75 Å². The highest BCUT2D eigenvalue weighted by Gasteiger charge is 2.24. The van der Waals surface area contributed by atoms with Gasteiger partial charge in [-0.3, -0.25) is 4.98 Å². The molecule has 1 heterocycles. The molecule has 0 bridgehead atoms. The van der Waals surface area contributed by atoms with Crippen molar-refractivity contribution in [1.82, 2.24) is 9.97 Å². The molecule has 0 spiro atoms. The number of nitrogens with zero attached hydrogens (tertiary/aromatic N) is 2. The highest BCUT2D eigenvalue weighted by Crippen LogP contribution is 2.25. The van der Waals surface area contributed by atoms with E-state index in [0.29, 0.717) is 5.75 Å². The van der Waals surface area contributed by atoms with E-state index in [0.717, 1.165) is 5.03 Å². The Kier molecular flexibility index (Phi) is 3.89. The molecule has 0 aliphatic carbocycles. The first kappa shape index (κ1) is 11.5. The van der Waals surface area contributed by atoms with Gasteiger partial charge in [0.05, 0.1) is 11.8 Å². The van der Waals surface area contributed by atoms with Crippen LogP contribution in [0.15, 0.2) is 23.6 Å². The zero-order valence-electron chi connectivity index (χ0n) is 8.77. The summed E-state index contributed by atoms with van der Waals surface area (Å²) in [6.07, 6.45) is 5.01. The summed E-state index contributed by atoms with van der Waals surface area (Å²) >= 11 is 1.53. The molecule has 0 saturated carbocycles. The second-order valence-corrected chi connectivity index (χ2v) is 4.84. The van der Waals surface area contributed by atoms with Gasteiger partial charge in [0.2, 0.25) is 0 Å². The zero-order valence-corrected chi connectivity index (χ0v) is 9.58. The topological polar surface area (TPSA) is 46.0 Å². The largest absolute Gasteiger partial charge is 0.389 e. The molecule has 0 aliphatic heterocycles. The SMILES string of the molecule is CC(C)C(C)(O)CSc1cnccn1. The van der Waals surface area contributed by atoms with E-state index >= 15 is 0 Å². The summed E-state index contributed by atoms with van der Waals surface area (Å²) in [5.74, 6) is 0.885. The van der Waals surface area contributed by atoms with Crippen molar-refractivity contribution in [1.29, 1.82) is 0 Å². The lowest BCUT2D eigenvalue weighted by atomic mass is 9.95. The molecule has 1 N–H and O–H groups in total. The normalized spacial score (nSPS) is 15.5. The molecule has 1 aromatic rings. The Morgan fingerprint density at radius 3 is 2.71 bits per heavy atom. The first-order chi connectivity index (χ1) is 6.52. The van der Waals surface area contributed by atoms with Crippen LogP contribution in [0.4, 0.5) is 0 Å². The number of aliphatic hydroxyl groups is 1. The molecule has 3 nitrogen and oxygen atoms in total. The predicted octanol–water partition coefficient (Wildman–Crippen LogP) is 1.98. The molecule has 0 aromatic carbocycles. The maximum atomic E-state index is 9.98. The average Bonchev–Trinajstić information content (AvgIpc) is 2.16. The van der Waals surface area contributed by atoms with Gasteiger partial charge in [-0.2, -0.15) is 0 Å². The van der Waals surface area contributed by atoms with Gasteiger partial charge in [0, 0.05) is 18.1 Å². The summed E-state index contributed by atoms with van der Waals surface area (Å²) in [4.78, 5) is 8.10. The number of thioether (sulfide) groups is 1. The molecule has 0 fully saturated rings. The van der Waals surface area contributed by atoms with Crippen molar-refractivity contribution in [3.05, 3.63) is 18.6 Å². The molecule has 0 aliphatic rings. The van der Waals surface area contributed by atoms with Crippen LogP contribution in [0, 0.1) is 5.92 Å². The number of hydrogen-bond acceptors (Lipinski definition) is 4. The molecule has 78 valence electrons. The molecule has 1 aromatic heterocycles. The van der Waals surface area contributed by atoms with Crippen LogP contribution in [0.5, 0.6) is 0 Å². The Morgan fingerprint density at radius 1 is 1.50 bits per heavy atom. The van der Waals surface area contributed by atoms with Crippen molar-refractivity contribution >= 4 is 11.8 Å². The van der Waals surface area contributed by atoms with Gasteiger partial charge in [-0.1, -0.05) is 13.8 Å². The third-order valence-corrected chi connectivity index (χ3v) is 3.53. The van der Waals surface area contributed by atoms with Gasteiger partial charge in [-0.15, -0.1) is 11.8 Å². The lowest BCUT2D eigenvalue weighted by Gasteiger charge is -2.26. The Hall–Kier alpha value is -0.610. The maximum absolute atomic E-state index is 9.98. The van der Waals surface area contributed by atoms with E-state index in [1.807, 2.05) is 20.8 Å². The van der Waals surface area contributed by atoms with Crippen molar-refractivity contribution in [3.63, 3.8) is 0 Å². The average molecular weight is 212 g/mol. The third-order valence-electron chi connectivity index (χ3n) is 2.30. The maximum Gasteiger partial charge on any atom is 0.114 e. The highest BCUT2D eigenvalue weighted by molar-refractivity contribution is 7.99. The van der Waals surface area contributed by atoms with Crippen LogP contribution in [-0.2, 0) is 0 Å². The summed E-state index contributed by atoms with van der Waals surface area (Å²) in [5, 5.41) is 10.8. The van der Waals surface area contributed by atoms with Crippen molar-refractivity contribution in [3.8, 4) is 0 Å². The number of hydrogen-bond donors (Lipinski definition) is 1. The fourth-order valence-electron chi connectivity index (χ4n) is 0.747. The van der Waals surface area contributed by atoms with Gasteiger partial charge in [-0.25, -0.2) is 4.98 Å². The van der Waals surface area contributed by atoms with E-state index in [-0.39, 0.29) is 5.92 Å². The van der Waals surface area contributed by atoms with Gasteiger partial charge < -0.3 is 5.11 Å². The van der Waals surface area contributed by atoms with Crippen LogP contribution >= 0.6 is 11.8 Å². The molecule has 1 atom stereocenters. The first-order valence-electron chi connectivity index (χ1n) is 4.63. The second-order valence-electron chi connectivity index (χ2n) is 3.84. The molecular formula is C10H16N2OS. The lowest BCUT2D eigenvalue weighted by molar-refractivity contribution is 0.0376. The minimum absolute atomic E-state index is 0.242. The summed E-state index contributed by atoms with van der Waals surface area (Å²) in [7, 11) is 0. The van der Waals surface area contributed by atoms with Crippen molar-refractivity contribution in [2.24, 2.45) is 5.92 Å². The fourth-order valence-corrected chi connectivity index (χ4v) is 1.79. The van der Waals surface area contributed by atoms with E-state index in [1.165, 1.54) is 11.8 Å². The summed E-state index contributed by atoms with van der Waals surface area (Å²) in [5.41, 5.74) is -0.651. The van der Waals surface area contributed by atoms with Crippen LogP contribution < -0.4 is 0 Å². The Labute approximate surface area is 89.0 Å². The van der Waals surface area contributed by atoms with Gasteiger partial charge in [0.15, 0.2) is 0 Å². The fraction of sp³-hybridized carbons (Fsp3) is 0.600. The summed E-state index contributed by atoms with van der Waals surface area (Å²) < 4.78 is 0. The van der Waals surface area contributed by atoms with E-state index in [4.69, 9.17) is 0 Å². The molecule has 0 radical (unpaired) electrons. The second kappa shape index (κ2) is 4.75. The lowest BCUT2D eigenvalue weighted by Crippen LogP contribution is -2.33. The smallest absolute Gasteiger partial charge is 0.114 e. The minimum Gasteiger partial charge on any atom is -0.389 e. The van der Waals surface area contributed by atoms with Crippen LogP contribution in [0.1, 0.15) is 20.8 Å². The quantitative estimate of drug-likeness (QED) is 0.775. The van der Waals surface area contributed by atoms with Crippen LogP contribution in [0.25, 0.3) is 0 Å². The molecule has 1 rings (SSSR count). The van der Waals surface area contributed by atoms with Crippen LogP contribution in [0.3, 0.4) is 0 Å². The molecule has 1 unspecified atom stereocenters. The standard InChI is InChI=1S/C10H16N2OS/c1-8(2)10(3,13)7-14-9-6-11-4-5-12-9/h4-6,8,13H,7H2,1-3H3. The predicted molar refractivity (Wildman–Crippen MR) is 58.2 cm³/mol. The van der Waals surface area contributed by atoms with Gasteiger partial charge in [0.1, 0.15) is 5.03 Å². The van der Waals surface area contributed by atoms with E-state index in [2.05, 4.69) is 9.97 Å². The van der Waals surface area contributed by atoms with E-state index in [9.17, 15) is 5.11 Å². The Bertz CT molecular complexity index is 275. The van der Waals surface area contributed by atoms with Crippen LogP contribution in [-0.4, -0.2) is 26.4 Å². The van der Waals surface area contributed by atoms with E-state index < -0.39 is 5.60 Å². The Morgan fingerprint density at radius 2 is 2.21 bits per heavy atom. The first-order valence-corrected chi connectivity index (χ1v) is 5.62.